The Labute approximate surface area is 96.8 Å². The van der Waals surface area contributed by atoms with Gasteiger partial charge in [-0.15, -0.1) is 0 Å². The Morgan fingerprint density at radius 1 is 1.25 bits per heavy atom. The molecule has 0 spiro atoms. The molecule has 1 fully saturated rings. The standard InChI is InChI=1S/C12H17NO2S/c1-3-16(14,15)11-6-4-10(5-7-11)13-12(2)8-9-12/h4-7,13H,3,8-9H2,1-2H3. The lowest BCUT2D eigenvalue weighted by molar-refractivity contribution is 0.597. The molecule has 1 aromatic rings. The molecule has 1 aromatic carbocycles. The third-order valence-corrected chi connectivity index (χ3v) is 4.79. The van der Waals surface area contributed by atoms with E-state index >= 15 is 0 Å². The molecule has 0 saturated heterocycles. The van der Waals surface area contributed by atoms with Crippen LogP contribution in [0, 0.1) is 0 Å². The van der Waals surface area contributed by atoms with Crippen LogP contribution < -0.4 is 5.32 Å². The Morgan fingerprint density at radius 2 is 1.81 bits per heavy atom. The SMILES string of the molecule is CCS(=O)(=O)c1ccc(NC2(C)CC2)cc1. The van der Waals surface area contributed by atoms with Gasteiger partial charge in [-0.3, -0.25) is 0 Å². The fourth-order valence-electron chi connectivity index (χ4n) is 1.57. The highest BCUT2D eigenvalue weighted by Crippen LogP contribution is 2.38. The number of sulfone groups is 1. The van der Waals surface area contributed by atoms with Gasteiger partial charge >= 0.3 is 0 Å². The van der Waals surface area contributed by atoms with Crippen molar-refractivity contribution in [3.63, 3.8) is 0 Å². The van der Waals surface area contributed by atoms with E-state index in [9.17, 15) is 8.42 Å². The minimum atomic E-state index is -3.07. The van der Waals surface area contributed by atoms with Crippen molar-refractivity contribution in [2.45, 2.75) is 37.1 Å². The summed E-state index contributed by atoms with van der Waals surface area (Å²) in [5, 5.41) is 3.39. The van der Waals surface area contributed by atoms with Gasteiger partial charge < -0.3 is 5.32 Å². The van der Waals surface area contributed by atoms with Crippen molar-refractivity contribution in [1.82, 2.24) is 0 Å². The summed E-state index contributed by atoms with van der Waals surface area (Å²) < 4.78 is 23.2. The fourth-order valence-corrected chi connectivity index (χ4v) is 2.46. The summed E-state index contributed by atoms with van der Waals surface area (Å²) in [4.78, 5) is 0.404. The Balaban J connectivity index is 2.16. The first kappa shape index (κ1) is 11.5. The van der Waals surface area contributed by atoms with Crippen LogP contribution in [0.3, 0.4) is 0 Å². The predicted molar refractivity (Wildman–Crippen MR) is 65.4 cm³/mol. The Bertz CT molecular complexity index is 472. The summed E-state index contributed by atoms with van der Waals surface area (Å²) in [6, 6.07) is 7.03. The lowest BCUT2D eigenvalue weighted by atomic mass is 10.2. The normalized spacial score (nSPS) is 18.1. The molecule has 0 amide bonds. The highest BCUT2D eigenvalue weighted by atomic mass is 32.2. The second-order valence-corrected chi connectivity index (χ2v) is 6.89. The van der Waals surface area contributed by atoms with Crippen LogP contribution >= 0.6 is 0 Å². The molecule has 0 aliphatic heterocycles. The predicted octanol–water partition coefficient (Wildman–Crippen LogP) is 2.44. The number of rotatable bonds is 4. The van der Waals surface area contributed by atoms with Gasteiger partial charge in [0, 0.05) is 11.2 Å². The molecule has 0 radical (unpaired) electrons. The zero-order valence-electron chi connectivity index (χ0n) is 9.66. The Hall–Kier alpha value is -1.03. The van der Waals surface area contributed by atoms with Crippen molar-refractivity contribution >= 4 is 15.5 Å². The quantitative estimate of drug-likeness (QED) is 0.877. The number of benzene rings is 1. The first-order chi connectivity index (χ1) is 7.45. The smallest absolute Gasteiger partial charge is 0.178 e. The lowest BCUT2D eigenvalue weighted by Crippen LogP contribution is -2.15. The zero-order valence-corrected chi connectivity index (χ0v) is 10.5. The molecule has 0 heterocycles. The number of anilines is 1. The summed E-state index contributed by atoms with van der Waals surface area (Å²) in [6.07, 6.45) is 2.37. The molecule has 0 unspecified atom stereocenters. The van der Waals surface area contributed by atoms with Gasteiger partial charge in [0.05, 0.1) is 10.6 Å². The molecular formula is C12H17NO2S. The zero-order chi connectivity index (χ0) is 11.8. The Morgan fingerprint density at radius 3 is 2.25 bits per heavy atom. The highest BCUT2D eigenvalue weighted by molar-refractivity contribution is 7.91. The van der Waals surface area contributed by atoms with E-state index in [4.69, 9.17) is 0 Å². The number of hydrogen-bond donors (Lipinski definition) is 1. The molecule has 2 rings (SSSR count). The van der Waals surface area contributed by atoms with E-state index in [1.165, 1.54) is 12.8 Å². The second-order valence-electron chi connectivity index (χ2n) is 4.61. The van der Waals surface area contributed by atoms with Gasteiger partial charge in [-0.1, -0.05) is 6.92 Å². The molecule has 88 valence electrons. The molecule has 1 saturated carbocycles. The van der Waals surface area contributed by atoms with Gasteiger partial charge in [-0.05, 0) is 44.0 Å². The third-order valence-electron chi connectivity index (χ3n) is 3.04. The van der Waals surface area contributed by atoms with Crippen LogP contribution in [0.2, 0.25) is 0 Å². The van der Waals surface area contributed by atoms with Crippen molar-refractivity contribution in [3.05, 3.63) is 24.3 Å². The Kier molecular flexibility index (Phi) is 2.70. The van der Waals surface area contributed by atoms with Crippen LogP contribution in [0.1, 0.15) is 26.7 Å². The molecule has 3 nitrogen and oxygen atoms in total. The molecule has 1 aliphatic rings. The number of hydrogen-bond acceptors (Lipinski definition) is 3. The van der Waals surface area contributed by atoms with E-state index in [1.54, 1.807) is 19.1 Å². The van der Waals surface area contributed by atoms with E-state index in [-0.39, 0.29) is 11.3 Å². The van der Waals surface area contributed by atoms with Crippen molar-refractivity contribution < 1.29 is 8.42 Å². The topological polar surface area (TPSA) is 46.2 Å². The van der Waals surface area contributed by atoms with Crippen molar-refractivity contribution in [2.24, 2.45) is 0 Å². The molecule has 0 bridgehead atoms. The van der Waals surface area contributed by atoms with Crippen molar-refractivity contribution in [1.29, 1.82) is 0 Å². The third kappa shape index (κ3) is 2.38. The maximum atomic E-state index is 11.6. The first-order valence-corrected chi connectivity index (χ1v) is 7.21. The molecule has 4 heteroatoms. The van der Waals surface area contributed by atoms with E-state index < -0.39 is 9.84 Å². The van der Waals surface area contributed by atoms with Crippen molar-refractivity contribution in [2.75, 3.05) is 11.1 Å². The van der Waals surface area contributed by atoms with Crippen LogP contribution in [-0.2, 0) is 9.84 Å². The van der Waals surface area contributed by atoms with Crippen LogP contribution in [0.15, 0.2) is 29.2 Å². The van der Waals surface area contributed by atoms with Gasteiger partial charge in [-0.25, -0.2) is 8.42 Å². The molecular weight excluding hydrogens is 222 g/mol. The van der Waals surface area contributed by atoms with Gasteiger partial charge in [0.1, 0.15) is 0 Å². The summed E-state index contributed by atoms with van der Waals surface area (Å²) in [5.41, 5.74) is 1.22. The maximum absolute atomic E-state index is 11.6. The van der Waals surface area contributed by atoms with Crippen LogP contribution in [0.25, 0.3) is 0 Å². The molecule has 1 aliphatic carbocycles. The fraction of sp³-hybridized carbons (Fsp3) is 0.500. The van der Waals surface area contributed by atoms with Gasteiger partial charge in [0.15, 0.2) is 9.84 Å². The molecule has 0 aromatic heterocycles. The lowest BCUT2D eigenvalue weighted by Gasteiger charge is -2.13. The van der Waals surface area contributed by atoms with E-state index in [2.05, 4.69) is 12.2 Å². The van der Waals surface area contributed by atoms with E-state index in [0.717, 1.165) is 5.69 Å². The van der Waals surface area contributed by atoms with Crippen LogP contribution in [0.5, 0.6) is 0 Å². The van der Waals surface area contributed by atoms with Crippen LogP contribution in [-0.4, -0.2) is 19.7 Å². The summed E-state index contributed by atoms with van der Waals surface area (Å²) in [5.74, 6) is 0.150. The molecule has 16 heavy (non-hydrogen) atoms. The second kappa shape index (κ2) is 3.77. The summed E-state index contributed by atoms with van der Waals surface area (Å²) in [7, 11) is -3.07. The largest absolute Gasteiger partial charge is 0.380 e. The van der Waals surface area contributed by atoms with Crippen LogP contribution in [0.4, 0.5) is 5.69 Å². The monoisotopic (exact) mass is 239 g/mol. The minimum Gasteiger partial charge on any atom is -0.380 e. The molecule has 1 N–H and O–H groups in total. The summed E-state index contributed by atoms with van der Waals surface area (Å²) >= 11 is 0. The van der Waals surface area contributed by atoms with Gasteiger partial charge in [0.2, 0.25) is 0 Å². The van der Waals surface area contributed by atoms with Gasteiger partial charge in [0.25, 0.3) is 0 Å². The van der Waals surface area contributed by atoms with E-state index in [1.807, 2.05) is 12.1 Å². The minimum absolute atomic E-state index is 0.150. The summed E-state index contributed by atoms with van der Waals surface area (Å²) in [6.45, 7) is 3.83. The molecule has 0 atom stereocenters. The highest BCUT2D eigenvalue weighted by Gasteiger charge is 2.36. The number of nitrogens with one attached hydrogen (secondary N) is 1. The average Bonchev–Trinajstić information content (AvgIpc) is 2.97. The van der Waals surface area contributed by atoms with Crippen molar-refractivity contribution in [3.8, 4) is 0 Å². The average molecular weight is 239 g/mol. The first-order valence-electron chi connectivity index (χ1n) is 5.56. The van der Waals surface area contributed by atoms with E-state index in [0.29, 0.717) is 4.90 Å². The van der Waals surface area contributed by atoms with Gasteiger partial charge in [-0.2, -0.15) is 0 Å². The maximum Gasteiger partial charge on any atom is 0.178 e.